The van der Waals surface area contributed by atoms with Gasteiger partial charge >= 0.3 is 0 Å². The van der Waals surface area contributed by atoms with Crippen LogP contribution in [0.1, 0.15) is 91.4 Å². The van der Waals surface area contributed by atoms with Crippen LogP contribution in [0, 0.1) is 46.3 Å². The molecule has 0 aliphatic heterocycles. The first-order chi connectivity index (χ1) is 11.5. The molecule has 4 aliphatic carbocycles. The molecule has 0 spiro atoms. The molecule has 4 fully saturated rings. The van der Waals surface area contributed by atoms with Gasteiger partial charge in [0, 0.05) is 0 Å². The first-order valence-electron chi connectivity index (χ1n) is 11.2. The molecule has 1 nitrogen and oxygen atoms in total. The average Bonchev–Trinajstić information content (AvgIpc) is 2.92. The van der Waals surface area contributed by atoms with Crippen LogP contribution in [-0.2, 0) is 0 Å². The van der Waals surface area contributed by atoms with Crippen LogP contribution in [0.15, 0.2) is 0 Å². The number of rotatable bonds is 3. The van der Waals surface area contributed by atoms with Crippen molar-refractivity contribution in [3.8, 4) is 0 Å². The third-order valence-electron chi connectivity index (χ3n) is 9.97. The van der Waals surface area contributed by atoms with Crippen LogP contribution in [0.2, 0.25) is 0 Å². The lowest BCUT2D eigenvalue weighted by Crippen LogP contribution is -2.53. The van der Waals surface area contributed by atoms with Crippen LogP contribution in [0.25, 0.3) is 0 Å². The molecule has 2 N–H and O–H groups in total. The molecule has 4 saturated carbocycles. The third kappa shape index (κ3) is 2.43. The molecule has 0 radical (unpaired) electrons. The predicted molar refractivity (Wildman–Crippen MR) is 103 cm³/mol. The molecule has 7 unspecified atom stereocenters. The molecule has 4 rings (SSSR count). The molecule has 8 atom stereocenters. The quantitative estimate of drug-likeness (QED) is 0.672. The minimum atomic E-state index is 0.633. The van der Waals surface area contributed by atoms with Crippen molar-refractivity contribution in [3.05, 3.63) is 0 Å². The van der Waals surface area contributed by atoms with Crippen molar-refractivity contribution in [1.29, 1.82) is 0 Å². The van der Waals surface area contributed by atoms with Gasteiger partial charge in [-0.1, -0.05) is 33.6 Å². The van der Waals surface area contributed by atoms with Crippen molar-refractivity contribution in [2.45, 2.75) is 91.4 Å². The van der Waals surface area contributed by atoms with Crippen LogP contribution in [0.5, 0.6) is 0 Å². The Hall–Kier alpha value is -0.0400. The van der Waals surface area contributed by atoms with Gasteiger partial charge in [-0.15, -0.1) is 0 Å². The van der Waals surface area contributed by atoms with Crippen molar-refractivity contribution >= 4 is 0 Å². The molecular formula is C23H41N. The fraction of sp³-hybridized carbons (Fsp3) is 1.00. The van der Waals surface area contributed by atoms with Crippen molar-refractivity contribution in [1.82, 2.24) is 0 Å². The van der Waals surface area contributed by atoms with E-state index in [0.717, 1.165) is 42.1 Å². The summed E-state index contributed by atoms with van der Waals surface area (Å²) in [5.41, 5.74) is 7.24. The van der Waals surface area contributed by atoms with E-state index >= 15 is 0 Å². The van der Waals surface area contributed by atoms with Crippen LogP contribution in [-0.4, -0.2) is 6.54 Å². The first kappa shape index (κ1) is 17.4. The Balaban J connectivity index is 1.57. The van der Waals surface area contributed by atoms with E-state index in [9.17, 15) is 0 Å². The first-order valence-corrected chi connectivity index (χ1v) is 11.2. The molecule has 24 heavy (non-hydrogen) atoms. The standard InChI is InChI=1S/C23H41N/c1-16(12-15-24)19-9-10-20-18-8-7-17-6-4-5-13-22(17,2)21(18)11-14-23(19,20)3/h16-21H,4-15,24H2,1-3H3/t16-,17?,18?,19?,20?,21?,22?,23?/m1/s1. The summed E-state index contributed by atoms with van der Waals surface area (Å²) >= 11 is 0. The summed E-state index contributed by atoms with van der Waals surface area (Å²) in [7, 11) is 0. The number of nitrogens with two attached hydrogens (primary N) is 1. The normalized spacial score (nSPS) is 52.2. The van der Waals surface area contributed by atoms with Gasteiger partial charge in [-0.2, -0.15) is 0 Å². The Morgan fingerprint density at radius 1 is 0.875 bits per heavy atom. The summed E-state index contributed by atoms with van der Waals surface area (Å²) < 4.78 is 0. The Bertz CT molecular complexity index is 459. The van der Waals surface area contributed by atoms with Gasteiger partial charge in [0.1, 0.15) is 0 Å². The summed E-state index contributed by atoms with van der Waals surface area (Å²) in [5.74, 6) is 5.98. The van der Waals surface area contributed by atoms with E-state index in [-0.39, 0.29) is 0 Å². The Morgan fingerprint density at radius 2 is 1.67 bits per heavy atom. The van der Waals surface area contributed by atoms with Crippen LogP contribution < -0.4 is 5.73 Å². The van der Waals surface area contributed by atoms with Gasteiger partial charge in [0.15, 0.2) is 0 Å². The highest BCUT2D eigenvalue weighted by Crippen LogP contribution is 2.68. The largest absolute Gasteiger partial charge is 0.330 e. The fourth-order valence-corrected chi connectivity index (χ4v) is 8.73. The third-order valence-corrected chi connectivity index (χ3v) is 9.97. The van der Waals surface area contributed by atoms with Crippen molar-refractivity contribution in [3.63, 3.8) is 0 Å². The van der Waals surface area contributed by atoms with Gasteiger partial charge in [0.2, 0.25) is 0 Å². The number of hydrogen-bond acceptors (Lipinski definition) is 1. The second kappa shape index (κ2) is 6.29. The highest BCUT2D eigenvalue weighted by Gasteiger charge is 2.59. The van der Waals surface area contributed by atoms with Crippen molar-refractivity contribution < 1.29 is 0 Å². The van der Waals surface area contributed by atoms with E-state index in [1.807, 2.05) is 0 Å². The van der Waals surface area contributed by atoms with Gasteiger partial charge in [0.25, 0.3) is 0 Å². The zero-order valence-electron chi connectivity index (χ0n) is 16.5. The minimum absolute atomic E-state index is 0.633. The van der Waals surface area contributed by atoms with Crippen molar-refractivity contribution in [2.75, 3.05) is 6.54 Å². The van der Waals surface area contributed by atoms with Crippen LogP contribution >= 0.6 is 0 Å². The molecule has 1 heteroatoms. The second-order valence-corrected chi connectivity index (χ2v) is 10.7. The lowest BCUT2D eigenvalue weighted by atomic mass is 9.44. The maximum Gasteiger partial charge on any atom is -0.00746 e. The molecule has 0 aromatic carbocycles. The maximum atomic E-state index is 5.90. The number of fused-ring (bicyclic) bond motifs is 5. The fourth-order valence-electron chi connectivity index (χ4n) is 8.73. The smallest absolute Gasteiger partial charge is 0.00746 e. The SMILES string of the molecule is C[C@H](CCN)C1CCC2C3CCC4CCCCC4(C)C3CCC21C. The molecule has 0 saturated heterocycles. The van der Waals surface area contributed by atoms with E-state index in [1.165, 1.54) is 57.8 Å². The summed E-state index contributed by atoms with van der Waals surface area (Å²) in [6, 6.07) is 0. The molecule has 0 amide bonds. The monoisotopic (exact) mass is 331 g/mol. The van der Waals surface area contributed by atoms with E-state index in [0.29, 0.717) is 10.8 Å². The van der Waals surface area contributed by atoms with E-state index in [1.54, 1.807) is 12.8 Å². The van der Waals surface area contributed by atoms with Gasteiger partial charge < -0.3 is 5.73 Å². The van der Waals surface area contributed by atoms with Crippen LogP contribution in [0.4, 0.5) is 0 Å². The maximum absolute atomic E-state index is 5.90. The Morgan fingerprint density at radius 3 is 2.46 bits per heavy atom. The molecule has 0 aromatic heterocycles. The topological polar surface area (TPSA) is 26.0 Å². The molecular weight excluding hydrogens is 290 g/mol. The number of hydrogen-bond donors (Lipinski definition) is 1. The highest BCUT2D eigenvalue weighted by molar-refractivity contribution is 5.09. The molecule has 0 aromatic rings. The Labute approximate surface area is 150 Å². The lowest BCUT2D eigenvalue weighted by molar-refractivity contribution is -0.114. The van der Waals surface area contributed by atoms with E-state index in [4.69, 9.17) is 5.73 Å². The minimum Gasteiger partial charge on any atom is -0.330 e. The summed E-state index contributed by atoms with van der Waals surface area (Å²) in [6.45, 7) is 8.77. The zero-order chi connectivity index (χ0) is 16.9. The van der Waals surface area contributed by atoms with Gasteiger partial charge in [0.05, 0.1) is 0 Å². The van der Waals surface area contributed by atoms with E-state index in [2.05, 4.69) is 20.8 Å². The van der Waals surface area contributed by atoms with Gasteiger partial charge in [-0.25, -0.2) is 0 Å². The summed E-state index contributed by atoms with van der Waals surface area (Å²) in [4.78, 5) is 0. The average molecular weight is 332 g/mol. The van der Waals surface area contributed by atoms with Crippen LogP contribution in [0.3, 0.4) is 0 Å². The lowest BCUT2D eigenvalue weighted by Gasteiger charge is -2.61. The highest BCUT2D eigenvalue weighted by atomic mass is 14.6. The molecule has 0 heterocycles. The second-order valence-electron chi connectivity index (χ2n) is 10.7. The Kier molecular flexibility index (Phi) is 4.55. The molecule has 0 bridgehead atoms. The van der Waals surface area contributed by atoms with Gasteiger partial charge in [-0.05, 0) is 111 Å². The van der Waals surface area contributed by atoms with Crippen molar-refractivity contribution in [2.24, 2.45) is 52.1 Å². The molecule has 138 valence electrons. The summed E-state index contributed by atoms with van der Waals surface area (Å²) in [5, 5.41) is 0. The zero-order valence-corrected chi connectivity index (χ0v) is 16.5. The van der Waals surface area contributed by atoms with Gasteiger partial charge in [-0.3, -0.25) is 0 Å². The van der Waals surface area contributed by atoms with E-state index < -0.39 is 0 Å². The molecule has 4 aliphatic rings. The summed E-state index contributed by atoms with van der Waals surface area (Å²) in [6.07, 6.45) is 16.5. The predicted octanol–water partition coefficient (Wildman–Crippen LogP) is 6.02.